The van der Waals surface area contributed by atoms with E-state index in [1.165, 1.54) is 0 Å². The number of carbonyl (C=O) groups is 1. The van der Waals surface area contributed by atoms with Crippen LogP contribution in [0.2, 0.25) is 0 Å². The minimum Gasteiger partial charge on any atom is -0.493 e. The summed E-state index contributed by atoms with van der Waals surface area (Å²) < 4.78 is 11.3. The second-order valence-corrected chi connectivity index (χ2v) is 5.34. The number of anilines is 1. The first-order valence-corrected chi connectivity index (χ1v) is 7.18. The highest BCUT2D eigenvalue weighted by Crippen LogP contribution is 2.29. The lowest BCUT2D eigenvalue weighted by Crippen LogP contribution is -2.14. The summed E-state index contributed by atoms with van der Waals surface area (Å²) in [6, 6.07) is 12.9. The predicted molar refractivity (Wildman–Crippen MR) is 86.0 cm³/mol. The lowest BCUT2D eigenvalue weighted by molar-refractivity contribution is -0.115. The molecule has 0 saturated carbocycles. The van der Waals surface area contributed by atoms with Crippen molar-refractivity contribution in [3.05, 3.63) is 52.5 Å². The molecule has 0 aromatic heterocycles. The van der Waals surface area contributed by atoms with E-state index in [9.17, 15) is 4.79 Å². The molecule has 1 N–H and O–H groups in total. The van der Waals surface area contributed by atoms with Crippen LogP contribution in [0.5, 0.6) is 11.5 Å². The molecule has 0 aliphatic rings. The van der Waals surface area contributed by atoms with Crippen molar-refractivity contribution in [2.75, 3.05) is 19.5 Å². The van der Waals surface area contributed by atoms with Crippen LogP contribution >= 0.6 is 15.9 Å². The van der Waals surface area contributed by atoms with Crippen LogP contribution in [0.1, 0.15) is 5.56 Å². The molecule has 0 saturated heterocycles. The molecule has 4 nitrogen and oxygen atoms in total. The van der Waals surface area contributed by atoms with Gasteiger partial charge in [0.25, 0.3) is 0 Å². The number of halogens is 1. The summed E-state index contributed by atoms with van der Waals surface area (Å²) in [4.78, 5) is 12.0. The van der Waals surface area contributed by atoms with E-state index in [4.69, 9.17) is 9.47 Å². The number of benzene rings is 2. The van der Waals surface area contributed by atoms with E-state index < -0.39 is 0 Å². The number of hydrogen-bond donors (Lipinski definition) is 1. The monoisotopic (exact) mass is 349 g/mol. The first-order chi connectivity index (χ1) is 10.1. The fraction of sp³-hybridized carbons (Fsp3) is 0.188. The van der Waals surface area contributed by atoms with E-state index in [1.807, 2.05) is 24.3 Å². The molecule has 21 heavy (non-hydrogen) atoms. The van der Waals surface area contributed by atoms with Gasteiger partial charge in [-0.2, -0.15) is 0 Å². The molecule has 2 aromatic rings. The van der Waals surface area contributed by atoms with Gasteiger partial charge < -0.3 is 14.8 Å². The number of amides is 1. The molecule has 0 atom stereocenters. The highest BCUT2D eigenvalue weighted by molar-refractivity contribution is 9.10. The Morgan fingerprint density at radius 3 is 2.52 bits per heavy atom. The largest absolute Gasteiger partial charge is 0.493 e. The van der Waals surface area contributed by atoms with Gasteiger partial charge in [0.1, 0.15) is 0 Å². The van der Waals surface area contributed by atoms with Crippen molar-refractivity contribution in [2.24, 2.45) is 0 Å². The second-order valence-electron chi connectivity index (χ2n) is 4.42. The van der Waals surface area contributed by atoms with Crippen LogP contribution in [-0.2, 0) is 11.2 Å². The van der Waals surface area contributed by atoms with Gasteiger partial charge in [0.2, 0.25) is 5.91 Å². The Hall–Kier alpha value is -2.01. The predicted octanol–water partition coefficient (Wildman–Crippen LogP) is 3.65. The van der Waals surface area contributed by atoms with Crippen molar-refractivity contribution in [3.8, 4) is 11.5 Å². The molecular formula is C16H16BrNO3. The van der Waals surface area contributed by atoms with Crippen LogP contribution < -0.4 is 14.8 Å². The Kier molecular flexibility index (Phi) is 5.22. The van der Waals surface area contributed by atoms with Crippen molar-refractivity contribution in [3.63, 3.8) is 0 Å². The zero-order chi connectivity index (χ0) is 15.2. The number of ether oxygens (including phenoxy) is 2. The van der Waals surface area contributed by atoms with Gasteiger partial charge in [0.15, 0.2) is 11.5 Å². The van der Waals surface area contributed by atoms with Crippen LogP contribution in [0, 0.1) is 0 Å². The molecule has 110 valence electrons. The molecule has 0 spiro atoms. The average molecular weight is 350 g/mol. The number of methoxy groups -OCH3 is 2. The van der Waals surface area contributed by atoms with Crippen molar-refractivity contribution >= 4 is 27.5 Å². The maximum absolute atomic E-state index is 12.0. The molecule has 5 heteroatoms. The molecule has 2 aromatic carbocycles. The lowest BCUT2D eigenvalue weighted by atomic mass is 10.1. The van der Waals surface area contributed by atoms with Crippen LogP contribution in [0.4, 0.5) is 5.69 Å². The van der Waals surface area contributed by atoms with Gasteiger partial charge in [-0.15, -0.1) is 0 Å². The number of carbonyl (C=O) groups excluding carboxylic acids is 1. The Morgan fingerprint density at radius 1 is 1.10 bits per heavy atom. The zero-order valence-corrected chi connectivity index (χ0v) is 13.4. The number of nitrogens with one attached hydrogen (secondary N) is 1. The molecule has 0 bridgehead atoms. The molecule has 0 radical (unpaired) electrons. The maximum Gasteiger partial charge on any atom is 0.228 e. The highest BCUT2D eigenvalue weighted by atomic mass is 79.9. The summed E-state index contributed by atoms with van der Waals surface area (Å²) in [6.45, 7) is 0. The topological polar surface area (TPSA) is 47.6 Å². The summed E-state index contributed by atoms with van der Waals surface area (Å²) >= 11 is 3.39. The summed E-state index contributed by atoms with van der Waals surface area (Å²) in [6.07, 6.45) is 0.313. The smallest absolute Gasteiger partial charge is 0.228 e. The van der Waals surface area contributed by atoms with E-state index in [0.717, 1.165) is 10.0 Å². The van der Waals surface area contributed by atoms with E-state index in [1.54, 1.807) is 32.4 Å². The SMILES string of the molecule is COc1ccc(NC(=O)Cc2cccc(Br)c2)cc1OC. The number of rotatable bonds is 5. The third kappa shape index (κ3) is 4.23. The minimum absolute atomic E-state index is 0.0830. The summed E-state index contributed by atoms with van der Waals surface area (Å²) in [5.74, 6) is 1.13. The third-order valence-corrected chi connectivity index (χ3v) is 3.41. The fourth-order valence-electron chi connectivity index (χ4n) is 1.95. The first-order valence-electron chi connectivity index (χ1n) is 6.38. The standard InChI is InChI=1S/C16H16BrNO3/c1-20-14-7-6-13(10-15(14)21-2)18-16(19)9-11-4-3-5-12(17)8-11/h3-8,10H,9H2,1-2H3,(H,18,19). The molecule has 0 aliphatic carbocycles. The third-order valence-electron chi connectivity index (χ3n) is 2.92. The highest BCUT2D eigenvalue weighted by Gasteiger charge is 2.08. The quantitative estimate of drug-likeness (QED) is 0.896. The van der Waals surface area contributed by atoms with Gasteiger partial charge in [-0.1, -0.05) is 28.1 Å². The van der Waals surface area contributed by atoms with Gasteiger partial charge in [0.05, 0.1) is 20.6 Å². The minimum atomic E-state index is -0.0830. The first kappa shape index (κ1) is 15.4. The van der Waals surface area contributed by atoms with Crippen molar-refractivity contribution in [2.45, 2.75) is 6.42 Å². The van der Waals surface area contributed by atoms with Gasteiger partial charge in [-0.3, -0.25) is 4.79 Å². The van der Waals surface area contributed by atoms with Gasteiger partial charge >= 0.3 is 0 Å². The summed E-state index contributed by atoms with van der Waals surface area (Å²) in [5, 5.41) is 2.85. The summed E-state index contributed by atoms with van der Waals surface area (Å²) in [5.41, 5.74) is 1.62. The van der Waals surface area contributed by atoms with Crippen LogP contribution in [0.25, 0.3) is 0 Å². The van der Waals surface area contributed by atoms with Gasteiger partial charge in [-0.25, -0.2) is 0 Å². The molecule has 2 rings (SSSR count). The van der Waals surface area contributed by atoms with Crippen molar-refractivity contribution in [1.82, 2.24) is 0 Å². The Labute approximate surface area is 132 Å². The van der Waals surface area contributed by atoms with Crippen molar-refractivity contribution in [1.29, 1.82) is 0 Å². The zero-order valence-electron chi connectivity index (χ0n) is 11.9. The van der Waals surface area contributed by atoms with Crippen LogP contribution in [0.15, 0.2) is 46.9 Å². The van der Waals surface area contributed by atoms with E-state index in [0.29, 0.717) is 23.6 Å². The average Bonchev–Trinajstić information content (AvgIpc) is 2.47. The molecule has 1 amide bonds. The van der Waals surface area contributed by atoms with Gasteiger partial charge in [-0.05, 0) is 29.8 Å². The van der Waals surface area contributed by atoms with Crippen molar-refractivity contribution < 1.29 is 14.3 Å². The lowest BCUT2D eigenvalue weighted by Gasteiger charge is -2.10. The molecule has 0 unspecified atom stereocenters. The second kappa shape index (κ2) is 7.13. The molecule has 0 aliphatic heterocycles. The number of hydrogen-bond acceptors (Lipinski definition) is 3. The molecular weight excluding hydrogens is 334 g/mol. The van der Waals surface area contributed by atoms with Crippen LogP contribution in [0.3, 0.4) is 0 Å². The Morgan fingerprint density at radius 2 is 1.86 bits per heavy atom. The molecule has 0 heterocycles. The maximum atomic E-state index is 12.0. The normalized spacial score (nSPS) is 10.0. The Balaban J connectivity index is 2.06. The Bertz CT molecular complexity index is 643. The molecule has 0 fully saturated rings. The van der Waals surface area contributed by atoms with Gasteiger partial charge in [0, 0.05) is 16.2 Å². The summed E-state index contributed by atoms with van der Waals surface area (Å²) in [7, 11) is 3.13. The van der Waals surface area contributed by atoms with E-state index >= 15 is 0 Å². The van der Waals surface area contributed by atoms with E-state index in [2.05, 4.69) is 21.2 Å². The van der Waals surface area contributed by atoms with E-state index in [-0.39, 0.29) is 5.91 Å². The van der Waals surface area contributed by atoms with Crippen LogP contribution in [-0.4, -0.2) is 20.1 Å². The fourth-order valence-corrected chi connectivity index (χ4v) is 2.40.